The maximum absolute atomic E-state index is 6.03. The molecular weight excluding hydrogens is 226 g/mol. The molecule has 0 aliphatic rings. The van der Waals surface area contributed by atoms with Crippen LogP contribution in [0.3, 0.4) is 0 Å². The molecule has 0 saturated heterocycles. The smallest absolute Gasteiger partial charge is 0.138 e. The van der Waals surface area contributed by atoms with Crippen molar-refractivity contribution in [2.45, 2.75) is 19.9 Å². The molecule has 0 atom stereocenters. The van der Waals surface area contributed by atoms with Gasteiger partial charge in [-0.15, -0.1) is 0 Å². The van der Waals surface area contributed by atoms with Crippen LogP contribution in [0.5, 0.6) is 5.75 Å². The standard InChI is InChI=1S/C12H18ClNO2/c1-2-5-15-6-7-16-12-4-3-10(9-14)8-11(12)13/h3-4,8H,2,5-7,9,14H2,1H3. The first-order chi connectivity index (χ1) is 7.77. The largest absolute Gasteiger partial charge is 0.490 e. The van der Waals surface area contributed by atoms with Crippen molar-refractivity contribution in [3.05, 3.63) is 28.8 Å². The molecule has 0 bridgehead atoms. The van der Waals surface area contributed by atoms with Crippen molar-refractivity contribution in [3.63, 3.8) is 0 Å². The summed E-state index contributed by atoms with van der Waals surface area (Å²) in [5.74, 6) is 0.680. The lowest BCUT2D eigenvalue weighted by Gasteiger charge is -2.09. The monoisotopic (exact) mass is 243 g/mol. The van der Waals surface area contributed by atoms with Crippen molar-refractivity contribution >= 4 is 11.6 Å². The summed E-state index contributed by atoms with van der Waals surface area (Å²) in [4.78, 5) is 0. The molecule has 1 rings (SSSR count). The molecule has 0 saturated carbocycles. The van der Waals surface area contributed by atoms with Crippen molar-refractivity contribution in [3.8, 4) is 5.75 Å². The maximum atomic E-state index is 6.03. The van der Waals surface area contributed by atoms with E-state index in [1.807, 2.05) is 18.2 Å². The minimum Gasteiger partial charge on any atom is -0.490 e. The van der Waals surface area contributed by atoms with Gasteiger partial charge < -0.3 is 15.2 Å². The Labute approximate surface area is 101 Å². The summed E-state index contributed by atoms with van der Waals surface area (Å²) in [7, 11) is 0. The van der Waals surface area contributed by atoms with E-state index in [9.17, 15) is 0 Å². The Morgan fingerprint density at radius 3 is 2.69 bits per heavy atom. The normalized spacial score (nSPS) is 10.4. The van der Waals surface area contributed by atoms with Crippen molar-refractivity contribution in [2.24, 2.45) is 5.73 Å². The van der Waals surface area contributed by atoms with E-state index in [0.29, 0.717) is 30.5 Å². The summed E-state index contributed by atoms with van der Waals surface area (Å²) in [6.45, 7) is 4.43. The predicted molar refractivity (Wildman–Crippen MR) is 65.9 cm³/mol. The number of rotatable bonds is 7. The zero-order chi connectivity index (χ0) is 11.8. The van der Waals surface area contributed by atoms with Gasteiger partial charge >= 0.3 is 0 Å². The highest BCUT2D eigenvalue weighted by atomic mass is 35.5. The van der Waals surface area contributed by atoms with Gasteiger partial charge in [-0.25, -0.2) is 0 Å². The van der Waals surface area contributed by atoms with Crippen LogP contribution < -0.4 is 10.5 Å². The van der Waals surface area contributed by atoms with Gasteiger partial charge in [0.15, 0.2) is 0 Å². The second kappa shape index (κ2) is 7.49. The fraction of sp³-hybridized carbons (Fsp3) is 0.500. The molecule has 1 aromatic carbocycles. The molecule has 4 heteroatoms. The molecular formula is C12H18ClNO2. The fourth-order valence-corrected chi connectivity index (χ4v) is 1.50. The molecule has 0 aliphatic heterocycles. The average molecular weight is 244 g/mol. The molecule has 0 aromatic heterocycles. The van der Waals surface area contributed by atoms with Crippen molar-refractivity contribution < 1.29 is 9.47 Å². The second-order valence-electron chi connectivity index (χ2n) is 3.43. The molecule has 2 N–H and O–H groups in total. The molecule has 16 heavy (non-hydrogen) atoms. The topological polar surface area (TPSA) is 44.5 Å². The van der Waals surface area contributed by atoms with Crippen LogP contribution in [0.1, 0.15) is 18.9 Å². The van der Waals surface area contributed by atoms with Crippen LogP contribution in [0.15, 0.2) is 18.2 Å². The van der Waals surface area contributed by atoms with Gasteiger partial charge in [-0.2, -0.15) is 0 Å². The lowest BCUT2D eigenvalue weighted by molar-refractivity contribution is 0.101. The third-order valence-corrected chi connectivity index (χ3v) is 2.36. The van der Waals surface area contributed by atoms with Gasteiger partial charge in [0.2, 0.25) is 0 Å². The van der Waals surface area contributed by atoms with Crippen molar-refractivity contribution in [1.29, 1.82) is 0 Å². The van der Waals surface area contributed by atoms with E-state index in [1.54, 1.807) is 0 Å². The quantitative estimate of drug-likeness (QED) is 0.749. The Morgan fingerprint density at radius 2 is 2.06 bits per heavy atom. The third-order valence-electron chi connectivity index (χ3n) is 2.07. The van der Waals surface area contributed by atoms with Crippen LogP contribution in [0.2, 0.25) is 5.02 Å². The Hall–Kier alpha value is -0.770. The van der Waals surface area contributed by atoms with E-state index < -0.39 is 0 Å². The van der Waals surface area contributed by atoms with Crippen LogP contribution in [0, 0.1) is 0 Å². The first-order valence-corrected chi connectivity index (χ1v) is 5.84. The van der Waals surface area contributed by atoms with Gasteiger partial charge in [-0.3, -0.25) is 0 Å². The van der Waals surface area contributed by atoms with E-state index >= 15 is 0 Å². The third kappa shape index (κ3) is 4.39. The minimum absolute atomic E-state index is 0.486. The van der Waals surface area contributed by atoms with E-state index in [1.165, 1.54) is 0 Å². The number of halogens is 1. The molecule has 0 amide bonds. The lowest BCUT2D eigenvalue weighted by Crippen LogP contribution is -2.07. The molecule has 0 heterocycles. The number of benzene rings is 1. The summed E-state index contributed by atoms with van der Waals surface area (Å²) < 4.78 is 10.8. The first kappa shape index (κ1) is 13.3. The van der Waals surface area contributed by atoms with Gasteiger partial charge in [0.05, 0.1) is 11.6 Å². The van der Waals surface area contributed by atoms with Gasteiger partial charge in [0.25, 0.3) is 0 Å². The number of ether oxygens (including phenoxy) is 2. The maximum Gasteiger partial charge on any atom is 0.138 e. The molecule has 90 valence electrons. The Kier molecular flexibility index (Phi) is 6.23. The summed E-state index contributed by atoms with van der Waals surface area (Å²) in [5.41, 5.74) is 6.50. The van der Waals surface area contributed by atoms with E-state index in [-0.39, 0.29) is 0 Å². The van der Waals surface area contributed by atoms with Crippen LogP contribution >= 0.6 is 11.6 Å². The Bertz CT molecular complexity index is 318. The van der Waals surface area contributed by atoms with Gasteiger partial charge in [-0.05, 0) is 24.1 Å². The second-order valence-corrected chi connectivity index (χ2v) is 3.84. The summed E-state index contributed by atoms with van der Waals surface area (Å²) >= 11 is 6.03. The van der Waals surface area contributed by atoms with E-state index in [4.69, 9.17) is 26.8 Å². The van der Waals surface area contributed by atoms with E-state index in [2.05, 4.69) is 6.92 Å². The summed E-state index contributed by atoms with van der Waals surface area (Å²) in [5, 5.41) is 0.596. The highest BCUT2D eigenvalue weighted by Gasteiger charge is 2.02. The Balaban J connectivity index is 2.36. The molecule has 0 radical (unpaired) electrons. The minimum atomic E-state index is 0.486. The highest BCUT2D eigenvalue weighted by Crippen LogP contribution is 2.25. The average Bonchev–Trinajstić information content (AvgIpc) is 2.30. The first-order valence-electron chi connectivity index (χ1n) is 5.47. The molecule has 0 unspecified atom stereocenters. The number of hydrogen-bond donors (Lipinski definition) is 1. The van der Waals surface area contributed by atoms with Gasteiger partial charge in [0, 0.05) is 13.2 Å². The predicted octanol–water partition coefficient (Wildman–Crippen LogP) is 2.60. The number of hydrogen-bond acceptors (Lipinski definition) is 3. The summed E-state index contributed by atoms with van der Waals surface area (Å²) in [6, 6.07) is 5.57. The van der Waals surface area contributed by atoms with Crippen molar-refractivity contribution in [2.75, 3.05) is 19.8 Å². The molecule has 0 spiro atoms. The zero-order valence-electron chi connectivity index (χ0n) is 9.54. The van der Waals surface area contributed by atoms with E-state index in [0.717, 1.165) is 18.6 Å². The Morgan fingerprint density at radius 1 is 1.25 bits per heavy atom. The molecule has 0 aliphatic carbocycles. The molecule has 1 aromatic rings. The van der Waals surface area contributed by atoms with Crippen molar-refractivity contribution in [1.82, 2.24) is 0 Å². The zero-order valence-corrected chi connectivity index (χ0v) is 10.3. The van der Waals surface area contributed by atoms with Gasteiger partial charge in [0.1, 0.15) is 12.4 Å². The molecule has 3 nitrogen and oxygen atoms in total. The van der Waals surface area contributed by atoms with Crippen LogP contribution in [-0.2, 0) is 11.3 Å². The summed E-state index contributed by atoms with van der Waals surface area (Å²) in [6.07, 6.45) is 1.02. The lowest BCUT2D eigenvalue weighted by atomic mass is 10.2. The number of nitrogens with two attached hydrogens (primary N) is 1. The SMILES string of the molecule is CCCOCCOc1ccc(CN)cc1Cl. The van der Waals surface area contributed by atoms with Crippen LogP contribution in [0.25, 0.3) is 0 Å². The van der Waals surface area contributed by atoms with Crippen LogP contribution in [-0.4, -0.2) is 19.8 Å². The van der Waals surface area contributed by atoms with Gasteiger partial charge in [-0.1, -0.05) is 24.6 Å². The highest BCUT2D eigenvalue weighted by molar-refractivity contribution is 6.32. The van der Waals surface area contributed by atoms with Crippen LogP contribution in [0.4, 0.5) is 0 Å². The fourth-order valence-electron chi connectivity index (χ4n) is 1.25. The molecule has 0 fully saturated rings.